The maximum Gasteiger partial charge on any atom is 0.255 e. The van der Waals surface area contributed by atoms with Crippen molar-refractivity contribution in [1.82, 2.24) is 0 Å². The van der Waals surface area contributed by atoms with E-state index in [0.717, 1.165) is 24.1 Å². The SMILES string of the molecule is COc1ccc(C(=O)Nc2cccc(CC[C@@H]3O[C@H](CCO)[C@@H]([Si](C)(C)F)[C@@H]3C)c2)cc1. The van der Waals surface area contributed by atoms with Crippen molar-refractivity contribution < 1.29 is 23.5 Å². The summed E-state index contributed by atoms with van der Waals surface area (Å²) >= 11 is 0. The first kappa shape index (κ1) is 24.4. The van der Waals surface area contributed by atoms with Gasteiger partial charge in [-0.15, -0.1) is 0 Å². The first-order valence-electron chi connectivity index (χ1n) is 11.2. The molecule has 4 atom stereocenters. The van der Waals surface area contributed by atoms with Crippen LogP contribution in [0.15, 0.2) is 48.5 Å². The third kappa shape index (κ3) is 5.97. The molecular formula is C25H34FNO4Si. The average Bonchev–Trinajstić information content (AvgIpc) is 3.08. The standard InChI is InChI=1S/C25H34FNO4Si/c1-17-22(31-23(14-15-28)24(17)32(3,4)26)13-8-18-6-5-7-20(16-18)27-25(29)19-9-11-21(30-2)12-10-19/h5-7,9-12,16-17,22-24,28H,8,13-15H2,1-4H3,(H,27,29)/t17-,22+,23-,24+/m1/s1. The number of carbonyl (C=O) groups is 1. The molecular weight excluding hydrogens is 425 g/mol. The fraction of sp³-hybridized carbons (Fsp3) is 0.480. The predicted molar refractivity (Wildman–Crippen MR) is 128 cm³/mol. The van der Waals surface area contributed by atoms with Gasteiger partial charge in [0.25, 0.3) is 5.91 Å². The van der Waals surface area contributed by atoms with E-state index in [4.69, 9.17) is 9.47 Å². The molecule has 2 aromatic rings. The Morgan fingerprint density at radius 3 is 2.50 bits per heavy atom. The quantitative estimate of drug-likeness (QED) is 0.399. The number of anilines is 1. The molecule has 2 N–H and O–H groups in total. The first-order chi connectivity index (χ1) is 15.2. The molecule has 0 spiro atoms. The molecule has 174 valence electrons. The highest BCUT2D eigenvalue weighted by Crippen LogP contribution is 2.46. The Kier molecular flexibility index (Phi) is 8.09. The summed E-state index contributed by atoms with van der Waals surface area (Å²) in [6.45, 7) is 5.56. The number of hydrogen-bond donors (Lipinski definition) is 2. The second kappa shape index (κ2) is 10.6. The number of rotatable bonds is 9. The zero-order valence-electron chi connectivity index (χ0n) is 19.3. The van der Waals surface area contributed by atoms with Crippen molar-refractivity contribution >= 4 is 20.0 Å². The maximum atomic E-state index is 14.9. The minimum absolute atomic E-state index is 0.0149. The van der Waals surface area contributed by atoms with Crippen LogP contribution in [0.4, 0.5) is 9.80 Å². The van der Waals surface area contributed by atoms with Crippen molar-refractivity contribution in [2.75, 3.05) is 19.0 Å². The number of aliphatic hydroxyl groups excluding tert-OH is 1. The zero-order valence-corrected chi connectivity index (χ0v) is 20.3. The van der Waals surface area contributed by atoms with E-state index in [1.54, 1.807) is 44.5 Å². The molecule has 3 rings (SSSR count). The number of aryl methyl sites for hydroxylation is 1. The summed E-state index contributed by atoms with van der Waals surface area (Å²) in [5.41, 5.74) is 2.28. The number of carbonyl (C=O) groups excluding carboxylic acids is 1. The normalized spacial score (nSPS) is 23.2. The van der Waals surface area contributed by atoms with Gasteiger partial charge < -0.3 is 24.0 Å². The van der Waals surface area contributed by atoms with Crippen molar-refractivity contribution in [2.24, 2.45) is 5.92 Å². The Labute approximate surface area is 191 Å². The Morgan fingerprint density at radius 1 is 1.16 bits per heavy atom. The van der Waals surface area contributed by atoms with Crippen molar-refractivity contribution in [3.63, 3.8) is 0 Å². The van der Waals surface area contributed by atoms with Gasteiger partial charge in [-0.25, -0.2) is 0 Å². The fourth-order valence-electron chi connectivity index (χ4n) is 4.84. The van der Waals surface area contributed by atoms with Gasteiger partial charge in [-0.1, -0.05) is 19.1 Å². The third-order valence-electron chi connectivity index (χ3n) is 6.36. The lowest BCUT2D eigenvalue weighted by Gasteiger charge is -2.28. The molecule has 2 aromatic carbocycles. The fourth-order valence-corrected chi connectivity index (χ4v) is 7.43. The molecule has 0 aromatic heterocycles. The van der Waals surface area contributed by atoms with Gasteiger partial charge in [0.05, 0.1) is 19.3 Å². The number of hydrogen-bond acceptors (Lipinski definition) is 4. The number of amides is 1. The molecule has 7 heteroatoms. The van der Waals surface area contributed by atoms with E-state index in [9.17, 15) is 14.0 Å². The monoisotopic (exact) mass is 459 g/mol. The second-order valence-corrected chi connectivity index (χ2v) is 12.9. The zero-order chi connectivity index (χ0) is 23.3. The molecule has 1 aliphatic rings. The van der Waals surface area contributed by atoms with E-state index in [0.29, 0.717) is 17.7 Å². The Morgan fingerprint density at radius 2 is 1.88 bits per heavy atom. The van der Waals surface area contributed by atoms with Crippen LogP contribution in [0.2, 0.25) is 18.6 Å². The van der Waals surface area contributed by atoms with Crippen LogP contribution in [0.1, 0.15) is 35.7 Å². The molecule has 5 nitrogen and oxygen atoms in total. The molecule has 0 bridgehead atoms. The predicted octanol–water partition coefficient (Wildman–Crippen LogP) is 5.21. The number of nitrogens with one attached hydrogen (secondary N) is 1. The van der Waals surface area contributed by atoms with E-state index in [1.807, 2.05) is 24.3 Å². The summed E-state index contributed by atoms with van der Waals surface area (Å²) in [6.07, 6.45) is 1.80. The first-order valence-corrected chi connectivity index (χ1v) is 14.2. The molecule has 0 aliphatic carbocycles. The second-order valence-electron chi connectivity index (χ2n) is 9.10. The summed E-state index contributed by atoms with van der Waals surface area (Å²) in [7, 11) is -1.31. The van der Waals surface area contributed by atoms with Crippen molar-refractivity contribution in [3.05, 3.63) is 59.7 Å². The van der Waals surface area contributed by atoms with Gasteiger partial charge >= 0.3 is 0 Å². The van der Waals surface area contributed by atoms with Crippen LogP contribution in [0.25, 0.3) is 0 Å². The van der Waals surface area contributed by atoms with Crippen LogP contribution in [0.5, 0.6) is 5.75 Å². The lowest BCUT2D eigenvalue weighted by Crippen LogP contribution is -2.36. The van der Waals surface area contributed by atoms with E-state index in [-0.39, 0.29) is 36.2 Å². The molecule has 0 unspecified atom stereocenters. The highest BCUT2D eigenvalue weighted by atomic mass is 28.4. The number of ether oxygens (including phenoxy) is 2. The van der Waals surface area contributed by atoms with Crippen LogP contribution in [-0.2, 0) is 11.2 Å². The number of halogens is 1. The summed E-state index contributed by atoms with van der Waals surface area (Å²) < 4.78 is 26.3. The molecule has 1 aliphatic heterocycles. The highest BCUT2D eigenvalue weighted by molar-refractivity contribution is 6.72. The molecule has 1 amide bonds. The minimum Gasteiger partial charge on any atom is -0.497 e. The largest absolute Gasteiger partial charge is 0.497 e. The Hall–Kier alpha value is -2.22. The van der Waals surface area contributed by atoms with Gasteiger partial charge in [0, 0.05) is 23.4 Å². The summed E-state index contributed by atoms with van der Waals surface area (Å²) in [4.78, 5) is 12.5. The summed E-state index contributed by atoms with van der Waals surface area (Å²) in [6, 6.07) is 14.8. The van der Waals surface area contributed by atoms with Crippen molar-refractivity contribution in [2.45, 2.75) is 57.0 Å². The van der Waals surface area contributed by atoms with Crippen molar-refractivity contribution in [1.29, 1.82) is 0 Å². The van der Waals surface area contributed by atoms with E-state index < -0.39 is 8.41 Å². The van der Waals surface area contributed by atoms with Gasteiger partial charge in [-0.3, -0.25) is 4.79 Å². The van der Waals surface area contributed by atoms with Gasteiger partial charge in [-0.05, 0) is 80.2 Å². The van der Waals surface area contributed by atoms with E-state index >= 15 is 0 Å². The molecule has 1 saturated heterocycles. The smallest absolute Gasteiger partial charge is 0.255 e. The highest BCUT2D eigenvalue weighted by Gasteiger charge is 2.50. The van der Waals surface area contributed by atoms with Gasteiger partial charge in [0.2, 0.25) is 8.41 Å². The van der Waals surface area contributed by atoms with Crippen LogP contribution in [0.3, 0.4) is 0 Å². The lowest BCUT2D eigenvalue weighted by molar-refractivity contribution is 0.0193. The van der Waals surface area contributed by atoms with Crippen LogP contribution >= 0.6 is 0 Å². The summed E-state index contributed by atoms with van der Waals surface area (Å²) in [5.74, 6) is 0.646. The van der Waals surface area contributed by atoms with Crippen molar-refractivity contribution in [3.8, 4) is 5.75 Å². The van der Waals surface area contributed by atoms with Crippen LogP contribution < -0.4 is 10.1 Å². The van der Waals surface area contributed by atoms with Crippen LogP contribution in [0, 0.1) is 5.92 Å². The lowest BCUT2D eigenvalue weighted by atomic mass is 9.95. The Bertz CT molecular complexity index is 900. The topological polar surface area (TPSA) is 67.8 Å². The third-order valence-corrected chi connectivity index (χ3v) is 8.85. The molecule has 1 fully saturated rings. The minimum atomic E-state index is -2.89. The van der Waals surface area contributed by atoms with Crippen LogP contribution in [-0.4, -0.2) is 45.3 Å². The van der Waals surface area contributed by atoms with Gasteiger partial charge in [-0.2, -0.15) is 0 Å². The Balaban J connectivity index is 1.61. The van der Waals surface area contributed by atoms with E-state index in [1.165, 1.54) is 0 Å². The molecule has 32 heavy (non-hydrogen) atoms. The number of aliphatic hydroxyl groups is 1. The summed E-state index contributed by atoms with van der Waals surface area (Å²) in [5, 5.41) is 12.3. The number of benzene rings is 2. The average molecular weight is 460 g/mol. The molecule has 0 saturated carbocycles. The molecule has 1 heterocycles. The van der Waals surface area contributed by atoms with Gasteiger partial charge in [0.15, 0.2) is 0 Å². The van der Waals surface area contributed by atoms with Gasteiger partial charge in [0.1, 0.15) is 5.75 Å². The number of methoxy groups -OCH3 is 1. The molecule has 0 radical (unpaired) electrons. The van der Waals surface area contributed by atoms with E-state index in [2.05, 4.69) is 12.2 Å². The maximum absolute atomic E-state index is 14.9.